The number of para-hydroxylation sites is 1. The van der Waals surface area contributed by atoms with Crippen LogP contribution in [0, 0.1) is 6.92 Å². The first-order valence-electron chi connectivity index (χ1n) is 11.0. The highest BCUT2D eigenvalue weighted by atomic mass is 32.2. The summed E-state index contributed by atoms with van der Waals surface area (Å²) in [5.74, 6) is 0.889. The standard InChI is InChI=1S/C26H30N2O5S/c1-5-28(34(30,31)23-16-10-19(2)11-17-23)21-12-14-22(15-13-21)33-18-26(29)27-20(3)24-8-6-7-9-25(24)32-4/h6-17,20H,5,18H2,1-4H3,(H,27,29)/t20-/m1/s1. The second-order valence-corrected chi connectivity index (χ2v) is 9.66. The fraction of sp³-hybridized carbons (Fsp3) is 0.269. The van der Waals surface area contributed by atoms with Crippen LogP contribution in [-0.4, -0.2) is 34.6 Å². The summed E-state index contributed by atoms with van der Waals surface area (Å²) in [6.45, 7) is 5.67. The number of rotatable bonds is 10. The van der Waals surface area contributed by atoms with Gasteiger partial charge in [-0.1, -0.05) is 35.9 Å². The monoisotopic (exact) mass is 482 g/mol. The van der Waals surface area contributed by atoms with Crippen LogP contribution in [0.1, 0.15) is 31.0 Å². The number of carbonyl (C=O) groups is 1. The number of hydrogen-bond donors (Lipinski definition) is 1. The largest absolute Gasteiger partial charge is 0.496 e. The number of ether oxygens (including phenoxy) is 2. The Morgan fingerprint density at radius 3 is 2.26 bits per heavy atom. The van der Waals surface area contributed by atoms with Crippen molar-refractivity contribution in [2.45, 2.75) is 31.7 Å². The van der Waals surface area contributed by atoms with Crippen LogP contribution in [-0.2, 0) is 14.8 Å². The van der Waals surface area contributed by atoms with Gasteiger partial charge >= 0.3 is 0 Å². The zero-order valence-electron chi connectivity index (χ0n) is 19.8. The van der Waals surface area contributed by atoms with Crippen LogP contribution in [0.2, 0.25) is 0 Å². The highest BCUT2D eigenvalue weighted by Gasteiger charge is 2.23. The number of aryl methyl sites for hydroxylation is 1. The van der Waals surface area contributed by atoms with Crippen molar-refractivity contribution in [2.24, 2.45) is 0 Å². The van der Waals surface area contributed by atoms with E-state index in [9.17, 15) is 13.2 Å². The van der Waals surface area contributed by atoms with Crippen LogP contribution >= 0.6 is 0 Å². The first kappa shape index (κ1) is 25.1. The minimum absolute atomic E-state index is 0.169. The van der Waals surface area contributed by atoms with Crippen molar-refractivity contribution < 1.29 is 22.7 Å². The van der Waals surface area contributed by atoms with Crippen LogP contribution in [0.3, 0.4) is 0 Å². The molecule has 0 fully saturated rings. The zero-order valence-corrected chi connectivity index (χ0v) is 20.6. The van der Waals surface area contributed by atoms with E-state index in [0.717, 1.165) is 11.1 Å². The maximum atomic E-state index is 13.1. The molecule has 0 saturated carbocycles. The van der Waals surface area contributed by atoms with E-state index in [4.69, 9.17) is 9.47 Å². The lowest BCUT2D eigenvalue weighted by atomic mass is 10.1. The topological polar surface area (TPSA) is 84.9 Å². The van der Waals surface area contributed by atoms with Gasteiger partial charge in [-0.05, 0) is 63.2 Å². The molecule has 0 aromatic heterocycles. The van der Waals surface area contributed by atoms with Gasteiger partial charge in [0.15, 0.2) is 6.61 Å². The van der Waals surface area contributed by atoms with Crippen LogP contribution in [0.25, 0.3) is 0 Å². The van der Waals surface area contributed by atoms with Gasteiger partial charge in [0.1, 0.15) is 11.5 Å². The molecule has 0 aliphatic carbocycles. The molecule has 1 N–H and O–H groups in total. The molecule has 0 aliphatic rings. The summed E-state index contributed by atoms with van der Waals surface area (Å²) in [5, 5.41) is 2.89. The molecule has 0 heterocycles. The Kier molecular flexibility index (Phi) is 8.17. The summed E-state index contributed by atoms with van der Waals surface area (Å²) < 4.78 is 38.4. The third-order valence-electron chi connectivity index (χ3n) is 5.37. The summed E-state index contributed by atoms with van der Waals surface area (Å²) in [6.07, 6.45) is 0. The van der Waals surface area contributed by atoms with Gasteiger partial charge in [-0.3, -0.25) is 9.10 Å². The van der Waals surface area contributed by atoms with Crippen LogP contribution in [0.5, 0.6) is 11.5 Å². The van der Waals surface area contributed by atoms with Crippen molar-refractivity contribution in [1.29, 1.82) is 0 Å². The molecule has 0 aliphatic heterocycles. The van der Waals surface area contributed by atoms with E-state index in [2.05, 4.69) is 5.32 Å². The van der Waals surface area contributed by atoms with Gasteiger partial charge in [0.05, 0.1) is 23.7 Å². The van der Waals surface area contributed by atoms with Crippen LogP contribution < -0.4 is 19.1 Å². The molecule has 7 nitrogen and oxygen atoms in total. The number of carbonyl (C=O) groups excluding carboxylic acids is 1. The average Bonchev–Trinajstić information content (AvgIpc) is 2.84. The fourth-order valence-corrected chi connectivity index (χ4v) is 5.05. The molecule has 0 saturated heterocycles. The first-order chi connectivity index (χ1) is 16.3. The average molecular weight is 483 g/mol. The van der Waals surface area contributed by atoms with Crippen molar-refractivity contribution in [3.05, 3.63) is 83.9 Å². The van der Waals surface area contributed by atoms with Gasteiger partial charge in [-0.15, -0.1) is 0 Å². The summed E-state index contributed by atoms with van der Waals surface area (Å²) >= 11 is 0. The van der Waals surface area contributed by atoms with Crippen molar-refractivity contribution >= 4 is 21.6 Å². The molecule has 0 unspecified atom stereocenters. The third-order valence-corrected chi connectivity index (χ3v) is 7.29. The molecule has 0 bridgehead atoms. The molecule has 1 atom stereocenters. The number of amides is 1. The van der Waals surface area contributed by atoms with Crippen LogP contribution in [0.15, 0.2) is 77.7 Å². The number of sulfonamides is 1. The lowest BCUT2D eigenvalue weighted by Gasteiger charge is -2.23. The smallest absolute Gasteiger partial charge is 0.264 e. The molecule has 0 spiro atoms. The maximum absolute atomic E-state index is 13.1. The molecule has 3 aromatic carbocycles. The number of nitrogens with one attached hydrogen (secondary N) is 1. The Morgan fingerprint density at radius 1 is 1.00 bits per heavy atom. The lowest BCUT2D eigenvalue weighted by molar-refractivity contribution is -0.123. The number of hydrogen-bond acceptors (Lipinski definition) is 5. The van der Waals surface area contributed by atoms with E-state index >= 15 is 0 Å². The molecule has 3 rings (SSSR count). The Labute approximate surface area is 201 Å². The highest BCUT2D eigenvalue weighted by molar-refractivity contribution is 7.92. The minimum Gasteiger partial charge on any atom is -0.496 e. The highest BCUT2D eigenvalue weighted by Crippen LogP contribution is 2.26. The van der Waals surface area contributed by atoms with Gasteiger partial charge in [-0.25, -0.2) is 8.42 Å². The molecule has 3 aromatic rings. The summed E-state index contributed by atoms with van der Waals surface area (Å²) in [5.41, 5.74) is 2.38. The van der Waals surface area contributed by atoms with Crippen molar-refractivity contribution in [3.8, 4) is 11.5 Å². The predicted molar refractivity (Wildman–Crippen MR) is 133 cm³/mol. The number of anilines is 1. The van der Waals surface area contributed by atoms with E-state index < -0.39 is 10.0 Å². The molecular weight excluding hydrogens is 452 g/mol. The quantitative estimate of drug-likeness (QED) is 0.461. The molecule has 34 heavy (non-hydrogen) atoms. The Morgan fingerprint density at radius 2 is 1.65 bits per heavy atom. The van der Waals surface area contributed by atoms with E-state index in [1.807, 2.05) is 38.1 Å². The van der Waals surface area contributed by atoms with Crippen molar-refractivity contribution in [3.63, 3.8) is 0 Å². The first-order valence-corrected chi connectivity index (χ1v) is 12.4. The van der Waals surface area contributed by atoms with Gasteiger partial charge in [0, 0.05) is 12.1 Å². The van der Waals surface area contributed by atoms with Gasteiger partial charge in [0.25, 0.3) is 15.9 Å². The normalized spacial score (nSPS) is 12.0. The Hall–Kier alpha value is -3.52. The lowest BCUT2D eigenvalue weighted by Crippen LogP contribution is -2.31. The number of nitrogens with zero attached hydrogens (tertiary/aromatic N) is 1. The number of methoxy groups -OCH3 is 1. The molecule has 8 heteroatoms. The Bertz CT molecular complexity index is 1210. The van der Waals surface area contributed by atoms with Gasteiger partial charge < -0.3 is 14.8 Å². The molecule has 1 amide bonds. The minimum atomic E-state index is -3.69. The van der Waals surface area contributed by atoms with E-state index in [-0.39, 0.29) is 30.0 Å². The second kappa shape index (κ2) is 11.1. The Balaban J connectivity index is 1.62. The van der Waals surface area contributed by atoms with Crippen molar-refractivity contribution in [1.82, 2.24) is 5.32 Å². The van der Waals surface area contributed by atoms with Crippen LogP contribution in [0.4, 0.5) is 5.69 Å². The van der Waals surface area contributed by atoms with E-state index in [0.29, 0.717) is 17.2 Å². The maximum Gasteiger partial charge on any atom is 0.264 e. The third kappa shape index (κ3) is 5.88. The number of benzene rings is 3. The van der Waals surface area contributed by atoms with E-state index in [1.54, 1.807) is 62.6 Å². The fourth-order valence-electron chi connectivity index (χ4n) is 3.57. The molecular formula is C26H30N2O5S. The summed E-state index contributed by atoms with van der Waals surface area (Å²) in [7, 11) is -2.10. The van der Waals surface area contributed by atoms with Crippen molar-refractivity contribution in [2.75, 3.05) is 24.6 Å². The summed E-state index contributed by atoms with van der Waals surface area (Å²) in [6, 6.07) is 20.6. The molecule has 180 valence electrons. The predicted octanol–water partition coefficient (Wildman–Crippen LogP) is 4.48. The summed E-state index contributed by atoms with van der Waals surface area (Å²) in [4.78, 5) is 12.6. The van der Waals surface area contributed by atoms with Gasteiger partial charge in [-0.2, -0.15) is 0 Å². The zero-order chi connectivity index (χ0) is 24.7. The van der Waals surface area contributed by atoms with Gasteiger partial charge in [0.2, 0.25) is 0 Å². The second-order valence-electron chi connectivity index (χ2n) is 7.80. The van der Waals surface area contributed by atoms with E-state index in [1.165, 1.54) is 4.31 Å². The SMILES string of the molecule is CCN(c1ccc(OCC(=O)N[C@H](C)c2ccccc2OC)cc1)S(=O)(=O)c1ccc(C)cc1. The molecule has 0 radical (unpaired) electrons.